The lowest BCUT2D eigenvalue weighted by molar-refractivity contribution is -0.118. The van der Waals surface area contributed by atoms with Crippen molar-refractivity contribution in [1.29, 1.82) is 0 Å². The summed E-state index contributed by atoms with van der Waals surface area (Å²) in [6, 6.07) is 13.4. The van der Waals surface area contributed by atoms with Gasteiger partial charge in [-0.25, -0.2) is 4.98 Å². The number of carbonyl (C=O) groups excluding carboxylic acids is 1. The van der Waals surface area contributed by atoms with Gasteiger partial charge in [0.2, 0.25) is 11.9 Å². The second kappa shape index (κ2) is 7.50. The Morgan fingerprint density at radius 3 is 2.14 bits per heavy atom. The number of nitrogens with zero attached hydrogens (tertiary/aromatic N) is 3. The predicted molar refractivity (Wildman–Crippen MR) is 110 cm³/mol. The summed E-state index contributed by atoms with van der Waals surface area (Å²) in [7, 11) is 4.87. The van der Waals surface area contributed by atoms with E-state index in [-0.39, 0.29) is 12.5 Å². The third-order valence-corrected chi connectivity index (χ3v) is 5.16. The highest BCUT2D eigenvalue weighted by Gasteiger charge is 2.32. The molecule has 0 atom stereocenters. The van der Waals surface area contributed by atoms with Gasteiger partial charge in [0.25, 0.3) is 0 Å². The van der Waals surface area contributed by atoms with E-state index < -0.39 is 0 Å². The van der Waals surface area contributed by atoms with Crippen molar-refractivity contribution in [2.24, 2.45) is 0 Å². The molecule has 3 aromatic rings. The standard InChI is InChI=1S/C22H23N3O4/c1-14-21(16-9-18(28-3)11-19(10-16)29-4)23-22-24(14)13-20(26)25(22)12-15-5-7-17(27-2)8-6-15/h5-11H,12-13H2,1-4H3. The summed E-state index contributed by atoms with van der Waals surface area (Å²) < 4.78 is 17.9. The van der Waals surface area contributed by atoms with Crippen LogP contribution in [0.2, 0.25) is 0 Å². The summed E-state index contributed by atoms with van der Waals surface area (Å²) in [5, 5.41) is 0. The molecule has 0 saturated heterocycles. The highest BCUT2D eigenvalue weighted by Crippen LogP contribution is 2.35. The molecule has 0 saturated carbocycles. The lowest BCUT2D eigenvalue weighted by Gasteiger charge is -2.14. The van der Waals surface area contributed by atoms with E-state index in [4.69, 9.17) is 19.2 Å². The molecule has 0 fully saturated rings. The van der Waals surface area contributed by atoms with Crippen LogP contribution in [0.5, 0.6) is 17.2 Å². The number of imidazole rings is 1. The van der Waals surface area contributed by atoms with E-state index >= 15 is 0 Å². The van der Waals surface area contributed by atoms with Gasteiger partial charge in [-0.05, 0) is 36.8 Å². The van der Waals surface area contributed by atoms with Crippen LogP contribution in [-0.4, -0.2) is 36.8 Å². The van der Waals surface area contributed by atoms with E-state index in [1.807, 2.05) is 54.0 Å². The number of ether oxygens (including phenoxy) is 3. The number of aromatic nitrogens is 2. The summed E-state index contributed by atoms with van der Waals surface area (Å²) in [4.78, 5) is 19.1. The second-order valence-electron chi connectivity index (χ2n) is 6.86. The second-order valence-corrected chi connectivity index (χ2v) is 6.86. The molecule has 2 heterocycles. The fraction of sp³-hybridized carbons (Fsp3) is 0.273. The zero-order valence-electron chi connectivity index (χ0n) is 16.9. The molecule has 0 N–H and O–H groups in total. The van der Waals surface area contributed by atoms with Crippen LogP contribution in [0.25, 0.3) is 11.3 Å². The molecule has 150 valence electrons. The third kappa shape index (κ3) is 3.40. The minimum Gasteiger partial charge on any atom is -0.497 e. The van der Waals surface area contributed by atoms with E-state index in [0.29, 0.717) is 24.0 Å². The Hall–Kier alpha value is -3.48. The summed E-state index contributed by atoms with van der Waals surface area (Å²) in [6.45, 7) is 2.72. The minimum absolute atomic E-state index is 0.0289. The number of benzene rings is 2. The number of carbonyl (C=O) groups is 1. The topological polar surface area (TPSA) is 65.8 Å². The first-order valence-corrected chi connectivity index (χ1v) is 9.28. The molecule has 0 bridgehead atoms. The largest absolute Gasteiger partial charge is 0.497 e. The quantitative estimate of drug-likeness (QED) is 0.642. The summed E-state index contributed by atoms with van der Waals surface area (Å²) in [5.74, 6) is 2.85. The van der Waals surface area contributed by atoms with Gasteiger partial charge in [-0.15, -0.1) is 0 Å². The van der Waals surface area contributed by atoms with Crippen LogP contribution in [0.1, 0.15) is 11.3 Å². The van der Waals surface area contributed by atoms with Crippen molar-refractivity contribution in [2.45, 2.75) is 20.0 Å². The van der Waals surface area contributed by atoms with Crippen LogP contribution >= 0.6 is 0 Å². The first kappa shape index (κ1) is 18.9. The van der Waals surface area contributed by atoms with E-state index in [1.54, 1.807) is 26.2 Å². The van der Waals surface area contributed by atoms with E-state index in [2.05, 4.69) is 0 Å². The molecule has 1 aliphatic rings. The number of hydrogen-bond donors (Lipinski definition) is 0. The molecule has 1 aromatic heterocycles. The Morgan fingerprint density at radius 2 is 1.55 bits per heavy atom. The molecule has 7 nitrogen and oxygen atoms in total. The molecule has 2 aromatic carbocycles. The fourth-order valence-electron chi connectivity index (χ4n) is 3.54. The van der Waals surface area contributed by atoms with Gasteiger partial charge in [0, 0.05) is 17.3 Å². The Morgan fingerprint density at radius 1 is 0.931 bits per heavy atom. The van der Waals surface area contributed by atoms with Crippen LogP contribution < -0.4 is 19.1 Å². The smallest absolute Gasteiger partial charge is 0.249 e. The number of anilines is 1. The molecular weight excluding hydrogens is 370 g/mol. The van der Waals surface area contributed by atoms with Crippen molar-refractivity contribution in [2.75, 3.05) is 26.2 Å². The first-order chi connectivity index (χ1) is 14.0. The Balaban J connectivity index is 1.69. The van der Waals surface area contributed by atoms with Crippen LogP contribution in [0.4, 0.5) is 5.95 Å². The Kier molecular flexibility index (Phi) is 4.88. The summed E-state index contributed by atoms with van der Waals surface area (Å²) >= 11 is 0. The molecular formula is C22H23N3O4. The van der Waals surface area contributed by atoms with Gasteiger partial charge >= 0.3 is 0 Å². The van der Waals surface area contributed by atoms with Crippen LogP contribution in [0, 0.1) is 6.92 Å². The van der Waals surface area contributed by atoms with Crippen molar-refractivity contribution in [1.82, 2.24) is 9.55 Å². The summed E-state index contributed by atoms with van der Waals surface area (Å²) in [6.07, 6.45) is 0. The minimum atomic E-state index is 0.0289. The molecule has 1 aliphatic heterocycles. The van der Waals surface area contributed by atoms with Gasteiger partial charge in [0.05, 0.1) is 33.6 Å². The number of rotatable bonds is 6. The van der Waals surface area contributed by atoms with Gasteiger partial charge in [-0.1, -0.05) is 12.1 Å². The van der Waals surface area contributed by atoms with Gasteiger partial charge in [0.15, 0.2) is 0 Å². The number of fused-ring (bicyclic) bond motifs is 1. The van der Waals surface area contributed by atoms with Crippen LogP contribution in [0.3, 0.4) is 0 Å². The van der Waals surface area contributed by atoms with Crippen molar-refractivity contribution >= 4 is 11.9 Å². The normalized spacial score (nSPS) is 12.8. The van der Waals surface area contributed by atoms with Gasteiger partial charge in [-0.2, -0.15) is 0 Å². The SMILES string of the molecule is COc1ccc(CN2C(=O)Cn3c2nc(-c2cc(OC)cc(OC)c2)c3C)cc1. The maximum absolute atomic E-state index is 12.6. The summed E-state index contributed by atoms with van der Waals surface area (Å²) in [5.41, 5.74) is 3.64. The molecule has 0 spiro atoms. The Labute approximate surface area is 169 Å². The van der Waals surface area contributed by atoms with Gasteiger partial charge in [0.1, 0.15) is 23.8 Å². The number of methoxy groups -OCH3 is 3. The van der Waals surface area contributed by atoms with Crippen molar-refractivity contribution in [3.05, 3.63) is 53.7 Å². The van der Waals surface area contributed by atoms with Gasteiger partial charge < -0.3 is 18.8 Å². The molecule has 4 rings (SSSR count). The zero-order valence-corrected chi connectivity index (χ0v) is 16.9. The van der Waals surface area contributed by atoms with Crippen LogP contribution in [-0.2, 0) is 17.9 Å². The lowest BCUT2D eigenvalue weighted by Crippen LogP contribution is -2.26. The predicted octanol–water partition coefficient (Wildman–Crippen LogP) is 3.43. The van der Waals surface area contributed by atoms with Crippen molar-refractivity contribution in [3.63, 3.8) is 0 Å². The number of hydrogen-bond acceptors (Lipinski definition) is 5. The molecule has 29 heavy (non-hydrogen) atoms. The Bertz CT molecular complexity index is 1030. The average Bonchev–Trinajstić information content (AvgIpc) is 3.23. The lowest BCUT2D eigenvalue weighted by atomic mass is 10.1. The van der Waals surface area contributed by atoms with Gasteiger partial charge in [-0.3, -0.25) is 9.69 Å². The number of amides is 1. The molecule has 0 aliphatic carbocycles. The van der Waals surface area contributed by atoms with Crippen molar-refractivity contribution in [3.8, 4) is 28.5 Å². The van der Waals surface area contributed by atoms with E-state index in [9.17, 15) is 4.79 Å². The maximum atomic E-state index is 12.6. The molecule has 0 radical (unpaired) electrons. The average molecular weight is 393 g/mol. The fourth-order valence-corrected chi connectivity index (χ4v) is 3.54. The molecule has 7 heteroatoms. The highest BCUT2D eigenvalue weighted by atomic mass is 16.5. The zero-order chi connectivity index (χ0) is 20.5. The molecule has 0 unspecified atom stereocenters. The molecule has 1 amide bonds. The van der Waals surface area contributed by atoms with E-state index in [0.717, 1.165) is 28.3 Å². The van der Waals surface area contributed by atoms with E-state index in [1.165, 1.54) is 0 Å². The first-order valence-electron chi connectivity index (χ1n) is 9.28. The third-order valence-electron chi connectivity index (χ3n) is 5.16. The maximum Gasteiger partial charge on any atom is 0.249 e. The van der Waals surface area contributed by atoms with Crippen molar-refractivity contribution < 1.29 is 19.0 Å². The monoisotopic (exact) mass is 393 g/mol. The highest BCUT2D eigenvalue weighted by molar-refractivity contribution is 5.96. The van der Waals surface area contributed by atoms with Crippen LogP contribution in [0.15, 0.2) is 42.5 Å².